The van der Waals surface area contributed by atoms with Crippen molar-refractivity contribution in [1.29, 1.82) is 0 Å². The lowest BCUT2D eigenvalue weighted by molar-refractivity contribution is -0.120. The molecule has 0 fully saturated rings. The van der Waals surface area contributed by atoms with E-state index in [1.54, 1.807) is 12.2 Å². The first-order valence-corrected chi connectivity index (χ1v) is 7.43. The van der Waals surface area contributed by atoms with Crippen LogP contribution >= 0.6 is 0 Å². The van der Waals surface area contributed by atoms with Crippen molar-refractivity contribution in [1.82, 2.24) is 5.32 Å². The largest absolute Gasteiger partial charge is 0.352 e. The van der Waals surface area contributed by atoms with Crippen LogP contribution in [0.4, 0.5) is 0 Å². The Morgan fingerprint density at radius 1 is 1.14 bits per heavy atom. The van der Waals surface area contributed by atoms with Crippen molar-refractivity contribution < 1.29 is 9.59 Å². The second kappa shape index (κ2) is 9.88. The molecule has 1 atom stereocenters. The highest BCUT2D eigenvalue weighted by Crippen LogP contribution is 2.04. The van der Waals surface area contributed by atoms with Crippen LogP contribution in [0.15, 0.2) is 48.1 Å². The lowest BCUT2D eigenvalue weighted by atomic mass is 10.0. The number of hydrogen-bond donors (Lipinski definition) is 2. The van der Waals surface area contributed by atoms with E-state index < -0.39 is 0 Å². The molecule has 114 valence electrons. The topological polar surface area (TPSA) is 72.2 Å². The van der Waals surface area contributed by atoms with Crippen molar-refractivity contribution in [2.24, 2.45) is 5.73 Å². The molecule has 21 heavy (non-hydrogen) atoms. The molecule has 0 bridgehead atoms. The minimum Gasteiger partial charge on any atom is -0.352 e. The number of nitrogens with two attached hydrogens (primary N) is 1. The lowest BCUT2D eigenvalue weighted by Crippen LogP contribution is -2.30. The van der Waals surface area contributed by atoms with E-state index in [0.717, 1.165) is 12.8 Å². The van der Waals surface area contributed by atoms with E-state index in [4.69, 9.17) is 5.73 Å². The van der Waals surface area contributed by atoms with E-state index in [9.17, 15) is 9.59 Å². The summed E-state index contributed by atoms with van der Waals surface area (Å²) >= 11 is 0. The Hall–Kier alpha value is -1.94. The molecular weight excluding hydrogens is 264 g/mol. The fourth-order valence-corrected chi connectivity index (χ4v) is 1.93. The average molecular weight is 288 g/mol. The van der Waals surface area contributed by atoms with Gasteiger partial charge >= 0.3 is 0 Å². The van der Waals surface area contributed by atoms with Crippen molar-refractivity contribution in [3.63, 3.8) is 0 Å². The van der Waals surface area contributed by atoms with Gasteiger partial charge in [0.2, 0.25) is 0 Å². The Morgan fingerprint density at radius 3 is 2.62 bits per heavy atom. The van der Waals surface area contributed by atoms with E-state index >= 15 is 0 Å². The number of allylic oxidation sites excluding steroid dienone is 6. The second-order valence-corrected chi connectivity index (χ2v) is 4.93. The van der Waals surface area contributed by atoms with Gasteiger partial charge < -0.3 is 11.1 Å². The molecule has 1 aliphatic rings. The van der Waals surface area contributed by atoms with Gasteiger partial charge in [-0.3, -0.25) is 9.59 Å². The van der Waals surface area contributed by atoms with Crippen LogP contribution in [0, 0.1) is 0 Å². The smallest absolute Gasteiger partial charge is 0.251 e. The quantitative estimate of drug-likeness (QED) is 0.672. The van der Waals surface area contributed by atoms with E-state index in [-0.39, 0.29) is 17.7 Å². The third-order valence-electron chi connectivity index (χ3n) is 3.25. The molecule has 0 aromatic heterocycles. The summed E-state index contributed by atoms with van der Waals surface area (Å²) in [6.45, 7) is 2.42. The van der Waals surface area contributed by atoms with Crippen molar-refractivity contribution in [3.8, 4) is 0 Å². The Labute approximate surface area is 126 Å². The highest BCUT2D eigenvalue weighted by molar-refractivity contribution is 5.96. The van der Waals surface area contributed by atoms with Crippen LogP contribution < -0.4 is 11.1 Å². The van der Waals surface area contributed by atoms with Crippen LogP contribution in [-0.2, 0) is 9.59 Å². The van der Waals surface area contributed by atoms with Crippen LogP contribution in [-0.4, -0.2) is 24.3 Å². The molecule has 0 aliphatic heterocycles. The summed E-state index contributed by atoms with van der Waals surface area (Å²) in [5.41, 5.74) is 6.38. The zero-order chi connectivity index (χ0) is 15.5. The number of carbonyl (C=O) groups is 2. The number of Topliss-reactive ketones (excluding diaryl/α,β-unsaturated/α-hetero) is 1. The molecule has 0 aromatic rings. The molecule has 0 spiro atoms. The first-order chi connectivity index (χ1) is 10.1. The molecule has 4 heteroatoms. The van der Waals surface area contributed by atoms with Crippen molar-refractivity contribution in [2.75, 3.05) is 6.54 Å². The molecule has 1 aliphatic carbocycles. The van der Waals surface area contributed by atoms with Gasteiger partial charge in [0.1, 0.15) is 5.78 Å². The monoisotopic (exact) mass is 288 g/mol. The molecular formula is C17H24N2O2. The summed E-state index contributed by atoms with van der Waals surface area (Å²) < 4.78 is 0. The minimum atomic E-state index is -0.362. The molecule has 0 heterocycles. The fourth-order valence-electron chi connectivity index (χ4n) is 1.93. The van der Waals surface area contributed by atoms with Gasteiger partial charge in [0.15, 0.2) is 0 Å². The van der Waals surface area contributed by atoms with Gasteiger partial charge in [-0.1, -0.05) is 37.3 Å². The number of rotatable bonds is 8. The standard InChI is InChI=1S/C17H24N2O2/c1-2-16(20)15(18)12-8-9-13-19-17(21)14-10-6-4-3-5-7-11-14/h3-7,10-11,15H,2,8-9,12-13,18H2,1H3,(H,19,21)/b4-3-,5-3?,6-4?,7-5-,10-6?,11-7?,14-10?,14-11?. The van der Waals surface area contributed by atoms with Crippen molar-refractivity contribution in [3.05, 3.63) is 48.1 Å². The van der Waals surface area contributed by atoms with Crippen molar-refractivity contribution in [2.45, 2.75) is 38.6 Å². The molecule has 0 saturated heterocycles. The summed E-state index contributed by atoms with van der Waals surface area (Å²) in [4.78, 5) is 23.3. The summed E-state index contributed by atoms with van der Waals surface area (Å²) in [6, 6.07) is -0.362. The van der Waals surface area contributed by atoms with Crippen LogP contribution in [0.5, 0.6) is 0 Å². The second-order valence-electron chi connectivity index (χ2n) is 4.93. The summed E-state index contributed by atoms with van der Waals surface area (Å²) in [6.07, 6.45) is 15.7. The Morgan fingerprint density at radius 2 is 1.86 bits per heavy atom. The highest BCUT2D eigenvalue weighted by atomic mass is 16.1. The van der Waals surface area contributed by atoms with E-state index in [1.807, 2.05) is 37.3 Å². The molecule has 0 radical (unpaired) electrons. The van der Waals surface area contributed by atoms with E-state index in [2.05, 4.69) is 5.32 Å². The number of unbranched alkanes of at least 4 members (excludes halogenated alkanes) is 1. The van der Waals surface area contributed by atoms with E-state index in [1.165, 1.54) is 0 Å². The third-order valence-corrected chi connectivity index (χ3v) is 3.25. The number of hydrogen-bond acceptors (Lipinski definition) is 3. The predicted molar refractivity (Wildman–Crippen MR) is 85.6 cm³/mol. The van der Waals surface area contributed by atoms with Crippen LogP contribution in [0.2, 0.25) is 0 Å². The van der Waals surface area contributed by atoms with Crippen LogP contribution in [0.1, 0.15) is 32.6 Å². The van der Waals surface area contributed by atoms with Crippen molar-refractivity contribution >= 4 is 11.7 Å². The maximum Gasteiger partial charge on any atom is 0.251 e. The predicted octanol–water partition coefficient (Wildman–Crippen LogP) is 2.19. The minimum absolute atomic E-state index is 0.0832. The normalized spacial score (nSPS) is 18.1. The Balaban J connectivity index is 2.23. The summed E-state index contributed by atoms with van der Waals surface area (Å²) in [7, 11) is 0. The summed E-state index contributed by atoms with van der Waals surface area (Å²) in [5.74, 6) is 0.0174. The van der Waals surface area contributed by atoms with Gasteiger partial charge in [0.05, 0.1) is 6.04 Å². The number of ketones is 1. The van der Waals surface area contributed by atoms with Gasteiger partial charge in [-0.25, -0.2) is 0 Å². The van der Waals surface area contributed by atoms with Gasteiger partial charge in [0, 0.05) is 18.5 Å². The Kier molecular flexibility index (Phi) is 8.05. The van der Waals surface area contributed by atoms with Crippen LogP contribution in [0.3, 0.4) is 0 Å². The maximum absolute atomic E-state index is 11.9. The van der Waals surface area contributed by atoms with Gasteiger partial charge in [-0.15, -0.1) is 0 Å². The zero-order valence-corrected chi connectivity index (χ0v) is 12.5. The number of amides is 1. The van der Waals surface area contributed by atoms with Gasteiger partial charge in [0.25, 0.3) is 5.91 Å². The molecule has 1 rings (SSSR count). The van der Waals surface area contributed by atoms with Crippen LogP contribution in [0.25, 0.3) is 0 Å². The highest BCUT2D eigenvalue weighted by Gasteiger charge is 2.10. The average Bonchev–Trinajstić information content (AvgIpc) is 2.45. The summed E-state index contributed by atoms with van der Waals surface area (Å²) in [5, 5.41) is 2.88. The first kappa shape index (κ1) is 17.1. The molecule has 1 amide bonds. The number of carbonyl (C=O) groups excluding carboxylic acids is 2. The number of nitrogens with one attached hydrogen (secondary N) is 1. The SMILES string of the molecule is CCC(=O)C(N)CCCCNC(=O)C1=C/C=C\C=C/C=C1. The molecule has 0 saturated carbocycles. The fraction of sp³-hybridized carbons (Fsp3) is 0.412. The first-order valence-electron chi connectivity index (χ1n) is 7.43. The third kappa shape index (κ3) is 6.86. The van der Waals surface area contributed by atoms with Gasteiger partial charge in [-0.2, -0.15) is 0 Å². The lowest BCUT2D eigenvalue weighted by Gasteiger charge is -2.09. The molecule has 4 nitrogen and oxygen atoms in total. The molecule has 1 unspecified atom stereocenters. The molecule has 0 aromatic carbocycles. The molecule has 3 N–H and O–H groups in total. The zero-order valence-electron chi connectivity index (χ0n) is 12.5. The van der Waals surface area contributed by atoms with Gasteiger partial charge in [-0.05, 0) is 31.4 Å². The maximum atomic E-state index is 11.9. The Bertz CT molecular complexity index is 473. The van der Waals surface area contributed by atoms with E-state index in [0.29, 0.717) is 25.0 Å².